The van der Waals surface area contributed by atoms with Gasteiger partial charge in [-0.25, -0.2) is 4.98 Å². The highest BCUT2D eigenvalue weighted by molar-refractivity contribution is 5.06. The Morgan fingerprint density at radius 3 is 2.17 bits per heavy atom. The molecule has 0 amide bonds. The molecule has 1 aromatic rings. The van der Waals surface area contributed by atoms with Crippen LogP contribution < -0.4 is 0 Å². The van der Waals surface area contributed by atoms with Crippen molar-refractivity contribution in [2.45, 2.75) is 46.0 Å². The molecule has 1 heterocycles. The zero-order valence-electron chi connectivity index (χ0n) is 8.51. The van der Waals surface area contributed by atoms with Crippen LogP contribution in [-0.2, 0) is 5.41 Å². The summed E-state index contributed by atoms with van der Waals surface area (Å²) in [6.45, 7) is 10.5. The topological polar surface area (TPSA) is 26.0 Å². The Bertz CT molecular complexity index is 255. The second-order valence-corrected chi connectivity index (χ2v) is 4.48. The van der Waals surface area contributed by atoms with Crippen LogP contribution in [0.15, 0.2) is 10.7 Å². The maximum Gasteiger partial charge on any atom is 0.199 e. The zero-order chi connectivity index (χ0) is 9.35. The summed E-state index contributed by atoms with van der Waals surface area (Å²) < 4.78 is 5.38. The standard InChI is InChI=1S/C10H17NO/c1-7(2)8-6-12-9(11-8)10(3,4)5/h6-7H,1-5H3. The van der Waals surface area contributed by atoms with Gasteiger partial charge in [0, 0.05) is 5.41 Å². The second kappa shape index (κ2) is 2.92. The minimum Gasteiger partial charge on any atom is -0.448 e. The minimum atomic E-state index is 0.0210. The quantitative estimate of drug-likeness (QED) is 0.642. The van der Waals surface area contributed by atoms with Crippen molar-refractivity contribution in [3.05, 3.63) is 17.8 Å². The van der Waals surface area contributed by atoms with E-state index in [-0.39, 0.29) is 5.41 Å². The lowest BCUT2D eigenvalue weighted by molar-refractivity contribution is 0.392. The summed E-state index contributed by atoms with van der Waals surface area (Å²) in [5.41, 5.74) is 1.06. The highest BCUT2D eigenvalue weighted by atomic mass is 16.3. The lowest BCUT2D eigenvalue weighted by atomic mass is 9.97. The summed E-state index contributed by atoms with van der Waals surface area (Å²) in [6.07, 6.45) is 1.76. The van der Waals surface area contributed by atoms with Crippen molar-refractivity contribution < 1.29 is 4.42 Å². The summed E-state index contributed by atoms with van der Waals surface area (Å²) in [4.78, 5) is 4.41. The number of hydrogen-bond donors (Lipinski definition) is 0. The molecule has 2 heteroatoms. The molecule has 2 nitrogen and oxygen atoms in total. The first kappa shape index (κ1) is 9.30. The molecule has 0 radical (unpaired) electrons. The summed E-state index contributed by atoms with van der Waals surface area (Å²) >= 11 is 0. The van der Waals surface area contributed by atoms with E-state index >= 15 is 0 Å². The van der Waals surface area contributed by atoms with Crippen molar-refractivity contribution in [1.29, 1.82) is 0 Å². The van der Waals surface area contributed by atoms with E-state index in [1.165, 1.54) is 0 Å². The molecule has 0 aliphatic rings. The third-order valence-electron chi connectivity index (χ3n) is 1.76. The molecule has 0 N–H and O–H groups in total. The monoisotopic (exact) mass is 167 g/mol. The van der Waals surface area contributed by atoms with E-state index in [0.29, 0.717) is 5.92 Å². The molecule has 0 saturated heterocycles. The van der Waals surface area contributed by atoms with Crippen LogP contribution in [0.4, 0.5) is 0 Å². The molecule has 0 aliphatic heterocycles. The van der Waals surface area contributed by atoms with Crippen LogP contribution >= 0.6 is 0 Å². The average molecular weight is 167 g/mol. The molecule has 0 atom stereocenters. The molecule has 0 unspecified atom stereocenters. The first-order valence-electron chi connectivity index (χ1n) is 4.37. The highest BCUT2D eigenvalue weighted by Crippen LogP contribution is 2.23. The van der Waals surface area contributed by atoms with E-state index in [9.17, 15) is 0 Å². The van der Waals surface area contributed by atoms with E-state index in [4.69, 9.17) is 4.42 Å². The Labute approximate surface area is 74.0 Å². The Hall–Kier alpha value is -0.790. The molecule has 0 aliphatic carbocycles. The van der Waals surface area contributed by atoms with E-state index < -0.39 is 0 Å². The Morgan fingerprint density at radius 1 is 1.33 bits per heavy atom. The number of hydrogen-bond acceptors (Lipinski definition) is 2. The number of rotatable bonds is 1. The SMILES string of the molecule is CC(C)c1coc(C(C)(C)C)n1. The van der Waals surface area contributed by atoms with Gasteiger partial charge in [0.25, 0.3) is 0 Å². The highest BCUT2D eigenvalue weighted by Gasteiger charge is 2.20. The van der Waals surface area contributed by atoms with Gasteiger partial charge in [-0.3, -0.25) is 0 Å². The predicted molar refractivity (Wildman–Crippen MR) is 49.3 cm³/mol. The average Bonchev–Trinajstić information content (AvgIpc) is 2.30. The molecule has 1 rings (SSSR count). The largest absolute Gasteiger partial charge is 0.448 e. The molecule has 1 aromatic heterocycles. The lowest BCUT2D eigenvalue weighted by Crippen LogP contribution is -2.11. The summed E-state index contributed by atoms with van der Waals surface area (Å²) in [5, 5.41) is 0. The molecular weight excluding hydrogens is 150 g/mol. The van der Waals surface area contributed by atoms with Crippen molar-refractivity contribution in [2.75, 3.05) is 0 Å². The van der Waals surface area contributed by atoms with E-state index in [1.807, 2.05) is 0 Å². The Balaban J connectivity index is 2.92. The van der Waals surface area contributed by atoms with Crippen LogP contribution in [-0.4, -0.2) is 4.98 Å². The summed E-state index contributed by atoms with van der Waals surface area (Å²) in [6, 6.07) is 0. The van der Waals surface area contributed by atoms with Gasteiger partial charge in [0.05, 0.1) is 5.69 Å². The fraction of sp³-hybridized carbons (Fsp3) is 0.700. The van der Waals surface area contributed by atoms with E-state index in [2.05, 4.69) is 39.6 Å². The number of oxazole rings is 1. The molecule has 68 valence electrons. The first-order valence-corrected chi connectivity index (χ1v) is 4.37. The van der Waals surface area contributed by atoms with Gasteiger partial charge in [-0.15, -0.1) is 0 Å². The van der Waals surface area contributed by atoms with E-state index in [0.717, 1.165) is 11.6 Å². The predicted octanol–water partition coefficient (Wildman–Crippen LogP) is 3.10. The van der Waals surface area contributed by atoms with Crippen molar-refractivity contribution in [1.82, 2.24) is 4.98 Å². The van der Waals surface area contributed by atoms with E-state index in [1.54, 1.807) is 6.26 Å². The zero-order valence-corrected chi connectivity index (χ0v) is 8.51. The lowest BCUT2D eigenvalue weighted by Gasteiger charge is -2.11. The molecule has 0 fully saturated rings. The fourth-order valence-corrected chi connectivity index (χ4v) is 0.896. The summed E-state index contributed by atoms with van der Waals surface area (Å²) in [7, 11) is 0. The van der Waals surface area contributed by atoms with Gasteiger partial charge in [-0.05, 0) is 5.92 Å². The molecule has 0 bridgehead atoms. The number of aromatic nitrogens is 1. The molecule has 0 saturated carbocycles. The smallest absolute Gasteiger partial charge is 0.199 e. The van der Waals surface area contributed by atoms with Gasteiger partial charge in [-0.1, -0.05) is 34.6 Å². The van der Waals surface area contributed by atoms with Crippen molar-refractivity contribution in [3.8, 4) is 0 Å². The van der Waals surface area contributed by atoms with Crippen LogP contribution in [0.2, 0.25) is 0 Å². The fourth-order valence-electron chi connectivity index (χ4n) is 0.896. The van der Waals surface area contributed by atoms with Crippen LogP contribution in [0.5, 0.6) is 0 Å². The Morgan fingerprint density at radius 2 is 1.92 bits per heavy atom. The van der Waals surface area contributed by atoms with Gasteiger partial charge in [0.2, 0.25) is 0 Å². The first-order chi connectivity index (χ1) is 5.41. The van der Waals surface area contributed by atoms with Gasteiger partial charge >= 0.3 is 0 Å². The van der Waals surface area contributed by atoms with Crippen molar-refractivity contribution in [3.63, 3.8) is 0 Å². The van der Waals surface area contributed by atoms with Crippen LogP contribution in [0, 0.1) is 0 Å². The van der Waals surface area contributed by atoms with Crippen molar-refractivity contribution >= 4 is 0 Å². The van der Waals surface area contributed by atoms with Gasteiger partial charge in [0.15, 0.2) is 5.89 Å². The van der Waals surface area contributed by atoms with Crippen LogP contribution in [0.3, 0.4) is 0 Å². The van der Waals surface area contributed by atoms with Gasteiger partial charge in [0.1, 0.15) is 6.26 Å². The third-order valence-corrected chi connectivity index (χ3v) is 1.76. The summed E-state index contributed by atoms with van der Waals surface area (Å²) in [5.74, 6) is 1.27. The molecule has 12 heavy (non-hydrogen) atoms. The maximum atomic E-state index is 5.38. The minimum absolute atomic E-state index is 0.0210. The van der Waals surface area contributed by atoms with Crippen LogP contribution in [0.1, 0.15) is 52.1 Å². The second-order valence-electron chi connectivity index (χ2n) is 4.48. The normalized spacial score (nSPS) is 12.5. The molecule has 0 spiro atoms. The van der Waals surface area contributed by atoms with Crippen LogP contribution in [0.25, 0.3) is 0 Å². The number of nitrogens with zero attached hydrogens (tertiary/aromatic N) is 1. The van der Waals surface area contributed by atoms with Gasteiger partial charge in [-0.2, -0.15) is 0 Å². The molecule has 0 aromatic carbocycles. The van der Waals surface area contributed by atoms with Crippen molar-refractivity contribution in [2.24, 2.45) is 0 Å². The van der Waals surface area contributed by atoms with Gasteiger partial charge < -0.3 is 4.42 Å². The maximum absolute atomic E-state index is 5.38. The third kappa shape index (κ3) is 1.87. The Kier molecular flexibility index (Phi) is 2.27. The molecular formula is C10H17NO.